The van der Waals surface area contributed by atoms with Gasteiger partial charge in [-0.25, -0.2) is 0 Å². The van der Waals surface area contributed by atoms with Gasteiger partial charge in [0.05, 0.1) is 18.5 Å². The Morgan fingerprint density at radius 3 is 2.42 bits per heavy atom. The number of benzene rings is 2. The summed E-state index contributed by atoms with van der Waals surface area (Å²) in [5.74, 6) is -0.978. The molecule has 11 heteroatoms. The molecule has 0 spiro atoms. The number of carbonyl (C=O) groups is 3. The first-order valence-corrected chi connectivity index (χ1v) is 12.6. The van der Waals surface area contributed by atoms with E-state index in [0.29, 0.717) is 50.6 Å². The summed E-state index contributed by atoms with van der Waals surface area (Å²) in [5, 5.41) is 5.54. The molecule has 2 N–H and O–H groups in total. The zero-order valence-electron chi connectivity index (χ0n) is 21.5. The van der Waals surface area contributed by atoms with E-state index in [9.17, 15) is 27.6 Å². The Kier molecular flexibility index (Phi) is 8.25. The number of halogens is 3. The molecule has 1 atom stereocenters. The predicted octanol–water partition coefficient (Wildman–Crippen LogP) is 2.80. The maximum absolute atomic E-state index is 13.2. The summed E-state index contributed by atoms with van der Waals surface area (Å²) >= 11 is 0. The van der Waals surface area contributed by atoms with Crippen LogP contribution in [0.25, 0.3) is 0 Å². The van der Waals surface area contributed by atoms with Crippen molar-refractivity contribution in [1.29, 1.82) is 0 Å². The third-order valence-electron chi connectivity index (χ3n) is 7.09. The monoisotopic (exact) mass is 531 g/mol. The van der Waals surface area contributed by atoms with Crippen molar-refractivity contribution in [2.45, 2.75) is 32.5 Å². The zero-order valence-corrected chi connectivity index (χ0v) is 21.5. The van der Waals surface area contributed by atoms with Gasteiger partial charge in [-0.15, -0.1) is 0 Å². The first kappa shape index (κ1) is 27.4. The first-order valence-electron chi connectivity index (χ1n) is 12.6. The Balaban J connectivity index is 1.33. The Bertz CT molecular complexity index is 1190. The number of carbonyl (C=O) groups excluding carboxylic acids is 3. The van der Waals surface area contributed by atoms with Crippen LogP contribution in [-0.4, -0.2) is 79.4 Å². The van der Waals surface area contributed by atoms with E-state index in [1.807, 2.05) is 35.8 Å². The van der Waals surface area contributed by atoms with E-state index in [1.54, 1.807) is 12.1 Å². The van der Waals surface area contributed by atoms with Crippen molar-refractivity contribution in [1.82, 2.24) is 15.1 Å². The topological polar surface area (TPSA) is 85.0 Å². The van der Waals surface area contributed by atoms with Gasteiger partial charge >= 0.3 is 6.18 Å². The van der Waals surface area contributed by atoms with Crippen LogP contribution in [0.4, 0.5) is 24.5 Å². The predicted molar refractivity (Wildman–Crippen MR) is 138 cm³/mol. The fourth-order valence-corrected chi connectivity index (χ4v) is 4.75. The summed E-state index contributed by atoms with van der Waals surface area (Å²) in [5.41, 5.74) is 2.56. The van der Waals surface area contributed by atoms with Crippen LogP contribution < -0.4 is 15.5 Å². The van der Waals surface area contributed by atoms with Gasteiger partial charge in [0.25, 0.3) is 0 Å². The van der Waals surface area contributed by atoms with E-state index in [-0.39, 0.29) is 30.7 Å². The fraction of sp³-hybridized carbons (Fsp3) is 0.444. The molecule has 0 aromatic heterocycles. The molecule has 2 heterocycles. The van der Waals surface area contributed by atoms with Gasteiger partial charge in [0.1, 0.15) is 6.04 Å². The van der Waals surface area contributed by atoms with Crippen LogP contribution >= 0.6 is 0 Å². The highest BCUT2D eigenvalue weighted by atomic mass is 19.4. The van der Waals surface area contributed by atoms with Gasteiger partial charge in [-0.3, -0.25) is 19.3 Å². The van der Waals surface area contributed by atoms with E-state index in [0.717, 1.165) is 23.3 Å². The summed E-state index contributed by atoms with van der Waals surface area (Å²) in [6.45, 7) is 6.51. The van der Waals surface area contributed by atoms with E-state index < -0.39 is 17.8 Å². The number of anilines is 2. The quantitative estimate of drug-likeness (QED) is 0.599. The van der Waals surface area contributed by atoms with Crippen molar-refractivity contribution in [3.05, 3.63) is 59.2 Å². The average Bonchev–Trinajstić information content (AvgIpc) is 2.87. The summed E-state index contributed by atoms with van der Waals surface area (Å²) in [6.07, 6.45) is -4.56. The Labute approximate surface area is 219 Å². The van der Waals surface area contributed by atoms with Gasteiger partial charge in [-0.05, 0) is 55.3 Å². The second kappa shape index (κ2) is 11.4. The molecule has 3 amide bonds. The van der Waals surface area contributed by atoms with Gasteiger partial charge in [0.2, 0.25) is 17.7 Å². The number of aryl methyl sites for hydroxylation is 2. The van der Waals surface area contributed by atoms with Crippen molar-refractivity contribution in [3.8, 4) is 0 Å². The van der Waals surface area contributed by atoms with E-state index in [1.165, 1.54) is 11.0 Å². The number of piperazine rings is 2. The highest BCUT2D eigenvalue weighted by Gasteiger charge is 2.36. The summed E-state index contributed by atoms with van der Waals surface area (Å²) in [6, 6.07) is 9.88. The van der Waals surface area contributed by atoms with Crippen molar-refractivity contribution >= 4 is 29.1 Å². The number of nitrogens with zero attached hydrogens (tertiary/aromatic N) is 3. The second-order valence-electron chi connectivity index (χ2n) is 9.76. The van der Waals surface area contributed by atoms with Gasteiger partial charge < -0.3 is 20.4 Å². The number of alkyl halides is 3. The maximum Gasteiger partial charge on any atom is 0.416 e. The maximum atomic E-state index is 13.2. The standard InChI is InChI=1S/C27H32F3N5O3/c1-18-6-7-21(14-19(18)2)32-24(36)16-23-26(38)31-8-9-35(23)25(37)17-33-10-12-34(13-11-33)22-5-3-4-20(15-22)27(28,29)30/h3-7,14-15,23H,8-13,16-17H2,1-2H3,(H,31,38)(H,32,36). The molecule has 0 aliphatic carbocycles. The molecule has 0 saturated carbocycles. The van der Waals surface area contributed by atoms with Crippen LogP contribution in [-0.2, 0) is 20.6 Å². The average molecular weight is 532 g/mol. The van der Waals surface area contributed by atoms with Gasteiger partial charge in [-0.2, -0.15) is 13.2 Å². The molecular weight excluding hydrogens is 499 g/mol. The lowest BCUT2D eigenvalue weighted by atomic mass is 10.1. The molecule has 0 bridgehead atoms. The molecule has 2 aromatic carbocycles. The van der Waals surface area contributed by atoms with Gasteiger partial charge in [-0.1, -0.05) is 12.1 Å². The van der Waals surface area contributed by atoms with Crippen LogP contribution in [0.3, 0.4) is 0 Å². The number of hydrogen-bond donors (Lipinski definition) is 2. The number of rotatable bonds is 6. The van der Waals surface area contributed by atoms with Crippen molar-refractivity contribution in [2.75, 3.05) is 56.0 Å². The Morgan fingerprint density at radius 1 is 1.00 bits per heavy atom. The lowest BCUT2D eigenvalue weighted by Gasteiger charge is -2.39. The Morgan fingerprint density at radius 2 is 1.74 bits per heavy atom. The fourth-order valence-electron chi connectivity index (χ4n) is 4.75. The highest BCUT2D eigenvalue weighted by molar-refractivity contribution is 5.97. The normalized spacial score (nSPS) is 18.8. The first-order chi connectivity index (χ1) is 18.0. The molecular formula is C27H32F3N5O3. The lowest BCUT2D eigenvalue weighted by Crippen LogP contribution is -2.60. The van der Waals surface area contributed by atoms with Crippen LogP contribution in [0.15, 0.2) is 42.5 Å². The van der Waals surface area contributed by atoms with Gasteiger partial charge in [0.15, 0.2) is 0 Å². The van der Waals surface area contributed by atoms with Crippen LogP contribution in [0.2, 0.25) is 0 Å². The molecule has 204 valence electrons. The minimum absolute atomic E-state index is 0.0684. The van der Waals surface area contributed by atoms with Crippen LogP contribution in [0.1, 0.15) is 23.1 Å². The molecule has 2 aliphatic rings. The van der Waals surface area contributed by atoms with E-state index in [4.69, 9.17) is 0 Å². The minimum Gasteiger partial charge on any atom is -0.369 e. The second-order valence-corrected chi connectivity index (χ2v) is 9.76. The zero-order chi connectivity index (χ0) is 27.4. The highest BCUT2D eigenvalue weighted by Crippen LogP contribution is 2.32. The third-order valence-corrected chi connectivity index (χ3v) is 7.09. The molecule has 8 nitrogen and oxygen atoms in total. The molecule has 2 aliphatic heterocycles. The smallest absolute Gasteiger partial charge is 0.369 e. The number of nitrogens with one attached hydrogen (secondary N) is 2. The minimum atomic E-state index is -4.41. The molecule has 38 heavy (non-hydrogen) atoms. The molecule has 2 saturated heterocycles. The molecule has 2 fully saturated rings. The summed E-state index contributed by atoms with van der Waals surface area (Å²) in [4.78, 5) is 43.8. The number of amides is 3. The lowest BCUT2D eigenvalue weighted by molar-refractivity contribution is -0.145. The van der Waals surface area contributed by atoms with Crippen LogP contribution in [0.5, 0.6) is 0 Å². The third kappa shape index (κ3) is 6.63. The summed E-state index contributed by atoms with van der Waals surface area (Å²) < 4.78 is 39.2. The SMILES string of the molecule is Cc1ccc(NC(=O)CC2C(=O)NCCN2C(=O)CN2CCN(c3cccc(C(F)(F)F)c3)CC2)cc1C. The number of hydrogen-bond acceptors (Lipinski definition) is 5. The largest absolute Gasteiger partial charge is 0.416 e. The van der Waals surface area contributed by atoms with E-state index >= 15 is 0 Å². The van der Waals surface area contributed by atoms with Crippen LogP contribution in [0, 0.1) is 13.8 Å². The van der Waals surface area contributed by atoms with Crippen molar-refractivity contribution < 1.29 is 27.6 Å². The van der Waals surface area contributed by atoms with Crippen molar-refractivity contribution in [3.63, 3.8) is 0 Å². The molecule has 1 unspecified atom stereocenters. The molecule has 2 aromatic rings. The Hall–Kier alpha value is -3.60. The van der Waals surface area contributed by atoms with Gasteiger partial charge in [0, 0.05) is 50.6 Å². The van der Waals surface area contributed by atoms with E-state index in [2.05, 4.69) is 10.6 Å². The molecule has 4 rings (SSSR count). The molecule has 0 radical (unpaired) electrons. The summed E-state index contributed by atoms with van der Waals surface area (Å²) in [7, 11) is 0. The van der Waals surface area contributed by atoms with Crippen molar-refractivity contribution in [2.24, 2.45) is 0 Å².